The second kappa shape index (κ2) is 3.89. The number of halogens is 1. The van der Waals surface area contributed by atoms with Crippen molar-refractivity contribution in [2.45, 2.75) is 0 Å². The summed E-state index contributed by atoms with van der Waals surface area (Å²) in [4.78, 5) is 0. The first-order valence-corrected chi connectivity index (χ1v) is 5.89. The molecule has 0 aliphatic rings. The van der Waals surface area contributed by atoms with Gasteiger partial charge in [0, 0.05) is 5.56 Å². The minimum absolute atomic E-state index is 0.197. The third kappa shape index (κ3) is 1.61. The highest BCUT2D eigenvalue weighted by molar-refractivity contribution is 9.10. The zero-order valence-corrected chi connectivity index (χ0v) is 10.3. The first-order valence-electron chi connectivity index (χ1n) is 5.09. The van der Waals surface area contributed by atoms with Crippen LogP contribution in [0.15, 0.2) is 51.5 Å². The summed E-state index contributed by atoms with van der Waals surface area (Å²) in [6.45, 7) is 0. The fourth-order valence-corrected chi connectivity index (χ4v) is 2.24. The van der Waals surface area contributed by atoms with Crippen LogP contribution in [0.2, 0.25) is 0 Å². The van der Waals surface area contributed by atoms with Crippen LogP contribution in [-0.4, -0.2) is 10.3 Å². The molecule has 3 aromatic rings. The monoisotopic (exact) mass is 289 g/mol. The maximum Gasteiger partial charge on any atom is 0.181 e. The number of rotatable bonds is 1. The minimum Gasteiger partial charge on any atom is -0.507 e. The number of nitrogens with zero attached hydrogens (tertiary/aromatic N) is 1. The Morgan fingerprint density at radius 3 is 2.71 bits per heavy atom. The van der Waals surface area contributed by atoms with E-state index in [9.17, 15) is 5.11 Å². The lowest BCUT2D eigenvalue weighted by Gasteiger charge is -1.99. The van der Waals surface area contributed by atoms with Gasteiger partial charge in [0.1, 0.15) is 11.4 Å². The molecule has 0 unspecified atom stereocenters. The van der Waals surface area contributed by atoms with Gasteiger partial charge in [-0.1, -0.05) is 23.4 Å². The molecule has 4 heteroatoms. The Kier molecular flexibility index (Phi) is 2.37. The molecule has 0 radical (unpaired) electrons. The number of fused-ring (bicyclic) bond motifs is 1. The van der Waals surface area contributed by atoms with Crippen molar-refractivity contribution in [3.05, 3.63) is 46.9 Å². The van der Waals surface area contributed by atoms with Crippen molar-refractivity contribution in [2.24, 2.45) is 0 Å². The number of aromatic nitrogens is 1. The van der Waals surface area contributed by atoms with E-state index in [2.05, 4.69) is 21.1 Å². The summed E-state index contributed by atoms with van der Waals surface area (Å²) >= 11 is 3.41. The zero-order valence-electron chi connectivity index (χ0n) is 8.72. The van der Waals surface area contributed by atoms with E-state index in [1.807, 2.05) is 30.3 Å². The van der Waals surface area contributed by atoms with Gasteiger partial charge in [0.25, 0.3) is 0 Å². The van der Waals surface area contributed by atoms with Gasteiger partial charge in [0.15, 0.2) is 5.58 Å². The third-order valence-corrected chi connectivity index (χ3v) is 3.23. The minimum atomic E-state index is 0.197. The maximum atomic E-state index is 9.82. The van der Waals surface area contributed by atoms with Gasteiger partial charge in [-0.25, -0.2) is 0 Å². The molecular formula is C13H8BrNO2. The fourth-order valence-electron chi connectivity index (χ4n) is 1.80. The fraction of sp³-hybridized carbons (Fsp3) is 0. The summed E-state index contributed by atoms with van der Waals surface area (Å²) in [7, 11) is 0. The van der Waals surface area contributed by atoms with Crippen molar-refractivity contribution in [1.29, 1.82) is 0 Å². The highest BCUT2D eigenvalue weighted by atomic mass is 79.9. The molecule has 0 aliphatic heterocycles. The average molecular weight is 290 g/mol. The molecule has 1 N–H and O–H groups in total. The first kappa shape index (κ1) is 10.4. The predicted molar refractivity (Wildman–Crippen MR) is 68.8 cm³/mol. The highest BCUT2D eigenvalue weighted by Crippen LogP contribution is 2.35. The molecule has 84 valence electrons. The van der Waals surface area contributed by atoms with Gasteiger partial charge in [0.2, 0.25) is 0 Å². The maximum absolute atomic E-state index is 9.82. The Hall–Kier alpha value is -1.81. The standard InChI is InChI=1S/C13H8BrNO2/c14-10-6-3-5-9-12(15-17-13(9)10)8-4-1-2-7-11(8)16/h1-7,16H. The summed E-state index contributed by atoms with van der Waals surface area (Å²) in [5.41, 5.74) is 2.01. The molecule has 3 rings (SSSR count). The van der Waals surface area contributed by atoms with Crippen LogP contribution in [-0.2, 0) is 0 Å². The van der Waals surface area contributed by atoms with E-state index in [1.54, 1.807) is 12.1 Å². The van der Waals surface area contributed by atoms with Crippen molar-refractivity contribution in [3.63, 3.8) is 0 Å². The molecule has 0 spiro atoms. The first-order chi connectivity index (χ1) is 8.27. The van der Waals surface area contributed by atoms with Crippen LogP contribution < -0.4 is 0 Å². The van der Waals surface area contributed by atoms with E-state index >= 15 is 0 Å². The zero-order chi connectivity index (χ0) is 11.8. The third-order valence-electron chi connectivity index (χ3n) is 2.61. The molecule has 0 aliphatic carbocycles. The number of hydrogen-bond donors (Lipinski definition) is 1. The molecule has 0 bridgehead atoms. The molecule has 2 aromatic carbocycles. The Labute approximate surface area is 106 Å². The van der Waals surface area contributed by atoms with Crippen LogP contribution in [0.1, 0.15) is 0 Å². The second-order valence-corrected chi connectivity index (χ2v) is 4.52. The van der Waals surface area contributed by atoms with Crippen molar-refractivity contribution in [3.8, 4) is 17.0 Å². The number of phenols is 1. The summed E-state index contributed by atoms with van der Waals surface area (Å²) < 4.78 is 6.13. The lowest BCUT2D eigenvalue weighted by Crippen LogP contribution is -1.79. The van der Waals surface area contributed by atoms with Gasteiger partial charge in [0.05, 0.1) is 9.86 Å². The van der Waals surface area contributed by atoms with Crippen molar-refractivity contribution < 1.29 is 9.63 Å². The lowest BCUT2D eigenvalue weighted by molar-refractivity contribution is 0.454. The summed E-state index contributed by atoms with van der Waals surface area (Å²) in [6, 6.07) is 12.8. The van der Waals surface area contributed by atoms with Gasteiger partial charge < -0.3 is 9.63 Å². The second-order valence-electron chi connectivity index (χ2n) is 3.66. The molecular weight excluding hydrogens is 282 g/mol. The summed E-state index contributed by atoms with van der Waals surface area (Å²) in [6.07, 6.45) is 0. The van der Waals surface area contributed by atoms with E-state index in [1.165, 1.54) is 0 Å². The molecule has 0 saturated heterocycles. The van der Waals surface area contributed by atoms with Crippen molar-refractivity contribution >= 4 is 26.9 Å². The van der Waals surface area contributed by atoms with Crippen molar-refractivity contribution in [1.82, 2.24) is 5.16 Å². The van der Waals surface area contributed by atoms with Gasteiger partial charge >= 0.3 is 0 Å². The smallest absolute Gasteiger partial charge is 0.181 e. The molecule has 0 atom stereocenters. The van der Waals surface area contributed by atoms with Crippen molar-refractivity contribution in [2.75, 3.05) is 0 Å². The molecule has 0 saturated carbocycles. The van der Waals surface area contributed by atoms with E-state index in [0.29, 0.717) is 16.8 Å². The van der Waals surface area contributed by atoms with Crippen LogP contribution in [0.25, 0.3) is 22.2 Å². The van der Waals surface area contributed by atoms with Crippen LogP contribution in [0.5, 0.6) is 5.75 Å². The average Bonchev–Trinajstić information content (AvgIpc) is 2.75. The normalized spacial score (nSPS) is 10.9. The van der Waals surface area contributed by atoms with E-state index in [-0.39, 0.29) is 5.75 Å². The highest BCUT2D eigenvalue weighted by Gasteiger charge is 2.14. The Morgan fingerprint density at radius 1 is 1.06 bits per heavy atom. The van der Waals surface area contributed by atoms with Crippen LogP contribution in [0.4, 0.5) is 0 Å². The molecule has 17 heavy (non-hydrogen) atoms. The number of hydrogen-bond acceptors (Lipinski definition) is 3. The van der Waals surface area contributed by atoms with Gasteiger partial charge in [-0.2, -0.15) is 0 Å². The largest absolute Gasteiger partial charge is 0.507 e. The van der Waals surface area contributed by atoms with Gasteiger partial charge in [-0.15, -0.1) is 0 Å². The lowest BCUT2D eigenvalue weighted by atomic mass is 10.1. The number of para-hydroxylation sites is 2. The van der Waals surface area contributed by atoms with E-state index in [4.69, 9.17) is 4.52 Å². The molecule has 1 heterocycles. The van der Waals surface area contributed by atoms with Gasteiger partial charge in [-0.05, 0) is 40.2 Å². The SMILES string of the molecule is Oc1ccccc1-c1noc2c(Br)cccc12. The summed E-state index contributed by atoms with van der Waals surface area (Å²) in [5.74, 6) is 0.197. The molecule has 0 amide bonds. The molecule has 1 aromatic heterocycles. The Morgan fingerprint density at radius 2 is 1.88 bits per heavy atom. The number of phenolic OH excluding ortho intramolecular Hbond substituents is 1. The number of benzene rings is 2. The molecule has 0 fully saturated rings. The predicted octanol–water partition coefficient (Wildman–Crippen LogP) is 3.96. The Bertz CT molecular complexity index is 691. The van der Waals surface area contributed by atoms with Crippen LogP contribution in [0.3, 0.4) is 0 Å². The van der Waals surface area contributed by atoms with Crippen LogP contribution >= 0.6 is 15.9 Å². The quantitative estimate of drug-likeness (QED) is 0.737. The summed E-state index contributed by atoms with van der Waals surface area (Å²) in [5, 5.41) is 14.7. The Balaban J connectivity index is 2.33. The van der Waals surface area contributed by atoms with Gasteiger partial charge in [-0.3, -0.25) is 0 Å². The number of aromatic hydroxyl groups is 1. The van der Waals surface area contributed by atoms with Crippen LogP contribution in [0, 0.1) is 0 Å². The molecule has 3 nitrogen and oxygen atoms in total. The van der Waals surface area contributed by atoms with E-state index < -0.39 is 0 Å². The van der Waals surface area contributed by atoms with E-state index in [0.717, 1.165) is 9.86 Å². The topological polar surface area (TPSA) is 46.3 Å².